The Morgan fingerprint density at radius 3 is 2.60 bits per heavy atom. The number of rotatable bonds is 0. The normalized spacial score (nSPS) is 10.5. The van der Waals surface area contributed by atoms with Crippen LogP contribution < -0.4 is 11.2 Å². The van der Waals surface area contributed by atoms with Gasteiger partial charge in [-0.1, -0.05) is 12.1 Å². The first-order valence-corrected chi connectivity index (χ1v) is 4.36. The fourth-order valence-corrected chi connectivity index (χ4v) is 1.45. The van der Waals surface area contributed by atoms with Crippen LogP contribution in [0.15, 0.2) is 33.9 Å². The number of H-pyrrole nitrogens is 1. The molecule has 0 aliphatic heterocycles. The van der Waals surface area contributed by atoms with Gasteiger partial charge < -0.3 is 4.98 Å². The highest BCUT2D eigenvalue weighted by Gasteiger charge is 2.09. The fourth-order valence-electron chi connectivity index (χ4n) is 1.45. The molecule has 1 N–H and O–H groups in total. The van der Waals surface area contributed by atoms with E-state index in [4.69, 9.17) is 0 Å². The second-order valence-corrected chi connectivity index (χ2v) is 3.14. The van der Waals surface area contributed by atoms with Gasteiger partial charge in [-0.3, -0.25) is 9.59 Å². The Bertz CT molecular complexity index is 652. The van der Waals surface area contributed by atoms with Crippen LogP contribution in [0.5, 0.6) is 0 Å². The maximum absolute atomic E-state index is 11.7. The summed E-state index contributed by atoms with van der Waals surface area (Å²) in [5.41, 5.74) is -0.849. The van der Waals surface area contributed by atoms with Crippen LogP contribution in [0.3, 0.4) is 0 Å². The average molecular weight is 204 g/mol. The van der Waals surface area contributed by atoms with Gasteiger partial charge in [-0.2, -0.15) is 4.57 Å². The monoisotopic (exact) mass is 204 g/mol. The van der Waals surface area contributed by atoms with Crippen molar-refractivity contribution in [1.29, 1.82) is 0 Å². The molecule has 1 aromatic carbocycles. The van der Waals surface area contributed by atoms with Crippen LogP contribution in [-0.4, -0.2) is 15.5 Å². The molecule has 0 aliphatic carbocycles. The first-order valence-electron chi connectivity index (χ1n) is 4.36. The topological polar surface area (TPSA) is 71.9 Å². The Balaban J connectivity index is 3.04. The molecule has 0 atom stereocenters. The summed E-state index contributed by atoms with van der Waals surface area (Å²) in [5.74, 6) is -0.591. The Kier molecular flexibility index (Phi) is 2.00. The molecule has 76 valence electrons. The van der Waals surface area contributed by atoms with E-state index in [1.807, 2.05) is 0 Å². The maximum Gasteiger partial charge on any atom is 0.335 e. The first kappa shape index (κ1) is 9.39. The van der Waals surface area contributed by atoms with Gasteiger partial charge >= 0.3 is 5.69 Å². The molecule has 5 heteroatoms. The zero-order valence-corrected chi connectivity index (χ0v) is 7.98. The number of hydrogen-bond acceptors (Lipinski definition) is 3. The maximum atomic E-state index is 11.7. The molecule has 2 rings (SSSR count). The van der Waals surface area contributed by atoms with E-state index in [2.05, 4.69) is 4.98 Å². The highest BCUT2D eigenvalue weighted by Crippen LogP contribution is 2.02. The molecule has 0 unspecified atom stereocenters. The van der Waals surface area contributed by atoms with Gasteiger partial charge in [-0.05, 0) is 12.1 Å². The van der Waals surface area contributed by atoms with Crippen molar-refractivity contribution in [2.75, 3.05) is 0 Å². The second-order valence-electron chi connectivity index (χ2n) is 3.14. The highest BCUT2D eigenvalue weighted by molar-refractivity contribution is 5.82. The smallest absolute Gasteiger partial charge is 0.306 e. The Hall–Kier alpha value is -2.17. The summed E-state index contributed by atoms with van der Waals surface area (Å²) in [6, 6.07) is 6.55. The zero-order chi connectivity index (χ0) is 11.0. The van der Waals surface area contributed by atoms with Crippen LogP contribution in [0.2, 0.25) is 0 Å². The number of hydrogen-bond donors (Lipinski definition) is 1. The summed E-state index contributed by atoms with van der Waals surface area (Å²) in [6.07, 6.45) is 0. The van der Waals surface area contributed by atoms with Crippen molar-refractivity contribution in [2.45, 2.75) is 6.92 Å². The van der Waals surface area contributed by atoms with Crippen LogP contribution in [0, 0.1) is 0 Å². The lowest BCUT2D eigenvalue weighted by molar-refractivity contribution is 0.0927. The summed E-state index contributed by atoms with van der Waals surface area (Å²) in [6.45, 7) is 1.17. The van der Waals surface area contributed by atoms with E-state index in [0.717, 1.165) is 0 Å². The van der Waals surface area contributed by atoms with E-state index in [-0.39, 0.29) is 0 Å². The molecular formula is C10H8N2O3. The second kappa shape index (κ2) is 3.20. The van der Waals surface area contributed by atoms with E-state index in [9.17, 15) is 14.4 Å². The van der Waals surface area contributed by atoms with Gasteiger partial charge in [0.05, 0.1) is 10.9 Å². The predicted molar refractivity (Wildman–Crippen MR) is 55.1 cm³/mol. The number of fused-ring (bicyclic) bond motifs is 1. The van der Waals surface area contributed by atoms with Gasteiger partial charge in [0, 0.05) is 6.92 Å². The van der Waals surface area contributed by atoms with Gasteiger partial charge in [0.15, 0.2) is 0 Å². The lowest BCUT2D eigenvalue weighted by Gasteiger charge is -2.01. The molecule has 0 saturated carbocycles. The molecule has 1 heterocycles. The highest BCUT2D eigenvalue weighted by atomic mass is 16.2. The zero-order valence-electron chi connectivity index (χ0n) is 7.98. The first-order chi connectivity index (χ1) is 7.11. The number of para-hydroxylation sites is 1. The van der Waals surface area contributed by atoms with E-state index in [1.54, 1.807) is 24.3 Å². The summed E-state index contributed by atoms with van der Waals surface area (Å²) >= 11 is 0. The van der Waals surface area contributed by atoms with Gasteiger partial charge in [0.25, 0.3) is 5.56 Å². The Morgan fingerprint density at radius 2 is 1.93 bits per heavy atom. The minimum atomic E-state index is -0.703. The standard InChI is InChI=1S/C10H8N2O3/c1-6(13)12-9(14)7-4-2-3-5-8(7)11-10(12)15/h2-5H,1H3,(H,11,15). The molecule has 0 radical (unpaired) electrons. The molecule has 5 nitrogen and oxygen atoms in total. The quantitative estimate of drug-likeness (QED) is 0.673. The van der Waals surface area contributed by atoms with Crippen LogP contribution in [-0.2, 0) is 0 Å². The summed E-state index contributed by atoms with van der Waals surface area (Å²) in [7, 11) is 0. The number of aromatic amines is 1. The number of nitrogens with zero attached hydrogens (tertiary/aromatic N) is 1. The van der Waals surface area contributed by atoms with Crippen LogP contribution in [0.1, 0.15) is 11.7 Å². The van der Waals surface area contributed by atoms with Gasteiger partial charge in [0.2, 0.25) is 5.91 Å². The van der Waals surface area contributed by atoms with Gasteiger partial charge in [-0.15, -0.1) is 0 Å². The molecule has 0 spiro atoms. The Morgan fingerprint density at radius 1 is 1.27 bits per heavy atom. The van der Waals surface area contributed by atoms with Crippen molar-refractivity contribution in [1.82, 2.24) is 9.55 Å². The van der Waals surface area contributed by atoms with Crippen molar-refractivity contribution in [3.05, 3.63) is 45.1 Å². The van der Waals surface area contributed by atoms with E-state index in [1.165, 1.54) is 6.92 Å². The molecular weight excluding hydrogens is 196 g/mol. The summed E-state index contributed by atoms with van der Waals surface area (Å²) in [4.78, 5) is 36.6. The van der Waals surface area contributed by atoms with Crippen LogP contribution >= 0.6 is 0 Å². The lowest BCUT2D eigenvalue weighted by Crippen LogP contribution is -2.38. The molecule has 0 saturated heterocycles. The number of nitrogens with one attached hydrogen (secondary N) is 1. The van der Waals surface area contributed by atoms with Crippen molar-refractivity contribution < 1.29 is 4.79 Å². The Labute approximate surface area is 84.0 Å². The van der Waals surface area contributed by atoms with E-state index < -0.39 is 17.2 Å². The summed E-state index contributed by atoms with van der Waals surface area (Å²) in [5, 5.41) is 0.326. The predicted octanol–water partition coefficient (Wildman–Crippen LogP) is 0.350. The average Bonchev–Trinajstić information content (AvgIpc) is 2.17. The molecule has 0 bridgehead atoms. The SMILES string of the molecule is CC(=O)n1c(=O)[nH]c2ccccc2c1=O. The minimum Gasteiger partial charge on any atom is -0.306 e. The van der Waals surface area contributed by atoms with Crippen molar-refractivity contribution >= 4 is 16.8 Å². The minimum absolute atomic E-state index is 0.326. The molecule has 1 aromatic heterocycles. The molecule has 0 aliphatic rings. The number of benzene rings is 1. The number of carbonyl (C=O) groups excluding carboxylic acids is 1. The van der Waals surface area contributed by atoms with Crippen molar-refractivity contribution in [3.63, 3.8) is 0 Å². The van der Waals surface area contributed by atoms with E-state index in [0.29, 0.717) is 15.5 Å². The van der Waals surface area contributed by atoms with E-state index >= 15 is 0 Å². The number of aromatic nitrogens is 2. The van der Waals surface area contributed by atoms with Crippen molar-refractivity contribution in [2.24, 2.45) is 0 Å². The largest absolute Gasteiger partial charge is 0.335 e. The van der Waals surface area contributed by atoms with Gasteiger partial charge in [-0.25, -0.2) is 4.79 Å². The van der Waals surface area contributed by atoms with Crippen LogP contribution in [0.25, 0.3) is 10.9 Å². The fraction of sp³-hybridized carbons (Fsp3) is 0.100. The third kappa shape index (κ3) is 1.38. The molecule has 0 amide bonds. The third-order valence-electron chi connectivity index (χ3n) is 2.12. The molecule has 0 fully saturated rings. The lowest BCUT2D eigenvalue weighted by atomic mass is 10.2. The van der Waals surface area contributed by atoms with Gasteiger partial charge in [0.1, 0.15) is 0 Å². The third-order valence-corrected chi connectivity index (χ3v) is 2.12. The van der Waals surface area contributed by atoms with Crippen molar-refractivity contribution in [3.8, 4) is 0 Å². The van der Waals surface area contributed by atoms with Crippen LogP contribution in [0.4, 0.5) is 0 Å². The number of carbonyl (C=O) groups is 1. The molecule has 15 heavy (non-hydrogen) atoms. The summed E-state index contributed by atoms with van der Waals surface area (Å²) < 4.78 is 0.586. The molecule has 2 aromatic rings.